The molecule has 3 nitrogen and oxygen atoms in total. The first-order valence-corrected chi connectivity index (χ1v) is 8.38. The average Bonchev–Trinajstić information content (AvgIpc) is 3.05. The number of aromatic nitrogens is 1. The maximum Gasteiger partial charge on any atom is 0.292 e. The number of H-pyrrole nitrogens is 1. The Hall–Kier alpha value is -2.80. The summed E-state index contributed by atoms with van der Waals surface area (Å²) >= 11 is 0. The topological polar surface area (TPSA) is 37.0 Å². The van der Waals surface area contributed by atoms with Crippen molar-refractivity contribution in [1.82, 2.24) is 10.3 Å². The Morgan fingerprint density at radius 1 is 1.19 bits per heavy atom. The van der Waals surface area contributed by atoms with Crippen LogP contribution < -0.4 is 10.1 Å². The highest BCUT2D eigenvalue weighted by atomic mass is 19.3. The predicted octanol–water partition coefficient (Wildman–Crippen LogP) is 5.09. The molecule has 0 aliphatic carbocycles. The third-order valence-electron chi connectivity index (χ3n) is 4.04. The number of hydrogen-bond donors (Lipinski definition) is 2. The number of halogens is 4. The van der Waals surface area contributed by atoms with E-state index in [4.69, 9.17) is 4.74 Å². The molecule has 1 heterocycles. The van der Waals surface area contributed by atoms with E-state index in [2.05, 4.69) is 10.3 Å². The Balaban J connectivity index is 1.51. The Labute approximate surface area is 153 Å². The van der Waals surface area contributed by atoms with Gasteiger partial charge in [0.2, 0.25) is 5.83 Å². The summed E-state index contributed by atoms with van der Waals surface area (Å²) in [6, 6.07) is 11.4. The van der Waals surface area contributed by atoms with Gasteiger partial charge in [-0.25, -0.2) is 17.6 Å². The van der Waals surface area contributed by atoms with Gasteiger partial charge in [-0.2, -0.15) is 0 Å². The molecule has 0 unspecified atom stereocenters. The van der Waals surface area contributed by atoms with Crippen molar-refractivity contribution in [2.45, 2.75) is 19.4 Å². The molecule has 2 aromatic carbocycles. The Kier molecular flexibility index (Phi) is 6.13. The number of nitrogens with one attached hydrogen (secondary N) is 2. The molecule has 7 heteroatoms. The van der Waals surface area contributed by atoms with Gasteiger partial charge in [-0.05, 0) is 54.4 Å². The van der Waals surface area contributed by atoms with Gasteiger partial charge in [0.25, 0.3) is 6.43 Å². The van der Waals surface area contributed by atoms with E-state index < -0.39 is 12.3 Å². The minimum absolute atomic E-state index is 0.278. The van der Waals surface area contributed by atoms with Gasteiger partial charge in [0.05, 0.1) is 0 Å². The number of rotatable bonds is 8. The van der Waals surface area contributed by atoms with Crippen LogP contribution in [-0.4, -0.2) is 18.0 Å². The fourth-order valence-electron chi connectivity index (χ4n) is 2.73. The average molecular weight is 378 g/mol. The second-order valence-electron chi connectivity index (χ2n) is 6.00. The second-order valence-corrected chi connectivity index (χ2v) is 6.00. The van der Waals surface area contributed by atoms with E-state index in [0.717, 1.165) is 28.5 Å². The summed E-state index contributed by atoms with van der Waals surface area (Å²) in [4.78, 5) is 3.05. The maximum atomic E-state index is 13.2. The van der Waals surface area contributed by atoms with Gasteiger partial charge >= 0.3 is 0 Å². The highest BCUT2D eigenvalue weighted by Crippen LogP contribution is 2.20. The summed E-state index contributed by atoms with van der Waals surface area (Å²) in [5.74, 6) is -1.61. The molecule has 1 aromatic heterocycles. The number of hydrogen-bond acceptors (Lipinski definition) is 2. The molecule has 0 aliphatic heterocycles. The number of fused-ring (bicyclic) bond motifs is 1. The van der Waals surface area contributed by atoms with Crippen molar-refractivity contribution in [3.63, 3.8) is 0 Å². The van der Waals surface area contributed by atoms with Crippen molar-refractivity contribution >= 4 is 10.9 Å². The number of benzene rings is 2. The highest BCUT2D eigenvalue weighted by Gasteiger charge is 2.10. The molecule has 0 bridgehead atoms. The SMILES string of the molecule is F/C(=C/Oc1cccc(CNCCc2c[nH]c3cc(F)ccc23)c1)C(F)F. The molecule has 0 aliphatic rings. The van der Waals surface area contributed by atoms with Crippen LogP contribution in [0.2, 0.25) is 0 Å². The van der Waals surface area contributed by atoms with Crippen LogP contribution in [0.15, 0.2) is 60.8 Å². The zero-order valence-electron chi connectivity index (χ0n) is 14.3. The first kappa shape index (κ1) is 19.0. The minimum atomic E-state index is -3.18. The number of allylic oxidation sites excluding steroid dienone is 1. The summed E-state index contributed by atoms with van der Waals surface area (Å²) in [5.41, 5.74) is 2.72. The molecule has 3 aromatic rings. The molecule has 2 N–H and O–H groups in total. The summed E-state index contributed by atoms with van der Waals surface area (Å²) in [6.07, 6.45) is -0.151. The van der Waals surface area contributed by atoms with Crippen molar-refractivity contribution in [3.8, 4) is 5.75 Å². The second kappa shape index (κ2) is 8.73. The van der Waals surface area contributed by atoms with Gasteiger partial charge in [0, 0.05) is 23.6 Å². The minimum Gasteiger partial charge on any atom is -0.462 e. The van der Waals surface area contributed by atoms with Crippen molar-refractivity contribution in [2.75, 3.05) is 6.54 Å². The lowest BCUT2D eigenvalue weighted by atomic mass is 10.1. The molecule has 0 fully saturated rings. The van der Waals surface area contributed by atoms with Crippen LogP contribution >= 0.6 is 0 Å². The zero-order chi connectivity index (χ0) is 19.2. The lowest BCUT2D eigenvalue weighted by Crippen LogP contribution is -2.16. The number of alkyl halides is 2. The predicted molar refractivity (Wildman–Crippen MR) is 95.9 cm³/mol. The lowest BCUT2D eigenvalue weighted by molar-refractivity contribution is 0.153. The fraction of sp³-hybridized carbons (Fsp3) is 0.200. The number of ether oxygens (including phenoxy) is 1. The van der Waals surface area contributed by atoms with Gasteiger partial charge < -0.3 is 15.0 Å². The first-order chi connectivity index (χ1) is 13.0. The summed E-state index contributed by atoms with van der Waals surface area (Å²) in [5, 5.41) is 4.26. The molecular formula is C20H18F4N2O. The number of aromatic amines is 1. The van der Waals surface area contributed by atoms with E-state index in [1.807, 2.05) is 12.3 Å². The van der Waals surface area contributed by atoms with Crippen LogP contribution in [0.5, 0.6) is 5.75 Å². The van der Waals surface area contributed by atoms with E-state index in [9.17, 15) is 17.6 Å². The smallest absolute Gasteiger partial charge is 0.292 e. The van der Waals surface area contributed by atoms with Gasteiger partial charge in [0.1, 0.15) is 17.8 Å². The quantitative estimate of drug-likeness (QED) is 0.325. The molecule has 0 saturated carbocycles. The van der Waals surface area contributed by atoms with Crippen molar-refractivity contribution in [2.24, 2.45) is 0 Å². The molecular weight excluding hydrogens is 360 g/mol. The van der Waals surface area contributed by atoms with Crippen LogP contribution in [0.25, 0.3) is 10.9 Å². The summed E-state index contributed by atoms with van der Waals surface area (Å²) in [7, 11) is 0. The van der Waals surface area contributed by atoms with Crippen LogP contribution in [0, 0.1) is 5.82 Å². The van der Waals surface area contributed by atoms with E-state index in [1.54, 1.807) is 24.3 Å². The van der Waals surface area contributed by atoms with Crippen LogP contribution in [0.4, 0.5) is 17.6 Å². The standard InChI is InChI=1S/C20H18F4N2O/c21-15-4-5-17-14(11-26-19(17)9-15)6-7-25-10-13-2-1-3-16(8-13)27-12-18(22)20(23)24/h1-5,8-9,11-12,20,25-26H,6-7,10H2/b18-12+. The molecule has 0 amide bonds. The van der Waals surface area contributed by atoms with E-state index in [1.165, 1.54) is 12.1 Å². The molecule has 0 saturated heterocycles. The largest absolute Gasteiger partial charge is 0.462 e. The van der Waals surface area contributed by atoms with Crippen LogP contribution in [0.3, 0.4) is 0 Å². The molecule has 0 atom stereocenters. The third kappa shape index (κ3) is 5.10. The van der Waals surface area contributed by atoms with Crippen LogP contribution in [0.1, 0.15) is 11.1 Å². The van der Waals surface area contributed by atoms with Gasteiger partial charge in [-0.15, -0.1) is 0 Å². The lowest BCUT2D eigenvalue weighted by Gasteiger charge is -2.07. The van der Waals surface area contributed by atoms with Crippen LogP contribution in [-0.2, 0) is 13.0 Å². The Bertz CT molecular complexity index is 937. The van der Waals surface area contributed by atoms with E-state index in [-0.39, 0.29) is 11.6 Å². The monoisotopic (exact) mass is 378 g/mol. The van der Waals surface area contributed by atoms with Crippen molar-refractivity contribution in [1.29, 1.82) is 0 Å². The Morgan fingerprint density at radius 2 is 2.04 bits per heavy atom. The Morgan fingerprint density at radius 3 is 2.85 bits per heavy atom. The molecule has 0 radical (unpaired) electrons. The first-order valence-electron chi connectivity index (χ1n) is 8.38. The molecule has 3 rings (SSSR count). The normalized spacial score (nSPS) is 12.1. The fourth-order valence-corrected chi connectivity index (χ4v) is 2.73. The van der Waals surface area contributed by atoms with Gasteiger partial charge in [-0.1, -0.05) is 12.1 Å². The molecule has 0 spiro atoms. The van der Waals surface area contributed by atoms with Crippen molar-refractivity contribution < 1.29 is 22.3 Å². The van der Waals surface area contributed by atoms with Gasteiger partial charge in [-0.3, -0.25) is 0 Å². The summed E-state index contributed by atoms with van der Waals surface area (Å²) < 4.78 is 55.1. The van der Waals surface area contributed by atoms with Gasteiger partial charge in [0.15, 0.2) is 0 Å². The molecule has 142 valence electrons. The van der Waals surface area contributed by atoms with Crippen molar-refractivity contribution in [3.05, 3.63) is 77.7 Å². The molecule has 27 heavy (non-hydrogen) atoms. The maximum absolute atomic E-state index is 13.2. The zero-order valence-corrected chi connectivity index (χ0v) is 14.3. The summed E-state index contributed by atoms with van der Waals surface area (Å²) in [6.45, 7) is 1.23. The van der Waals surface area contributed by atoms with E-state index >= 15 is 0 Å². The third-order valence-corrected chi connectivity index (χ3v) is 4.04. The highest BCUT2D eigenvalue weighted by molar-refractivity contribution is 5.83. The van der Waals surface area contributed by atoms with E-state index in [0.29, 0.717) is 19.4 Å².